The second-order valence-electron chi connectivity index (χ2n) is 5.66. The molecule has 0 aliphatic heterocycles. The Morgan fingerprint density at radius 3 is 2.38 bits per heavy atom. The van der Waals surface area contributed by atoms with E-state index in [0.29, 0.717) is 5.56 Å². The molecule has 3 heteroatoms. The van der Waals surface area contributed by atoms with Crippen LogP contribution in [0, 0.1) is 0 Å². The number of carboxylic acids is 1. The molecule has 3 nitrogen and oxygen atoms in total. The number of hydrogen-bond acceptors (Lipinski definition) is 2. The van der Waals surface area contributed by atoms with Crippen molar-refractivity contribution >= 4 is 5.97 Å². The summed E-state index contributed by atoms with van der Waals surface area (Å²) in [6.07, 6.45) is 10.6. The van der Waals surface area contributed by atoms with Crippen LogP contribution in [-0.4, -0.2) is 17.6 Å². The summed E-state index contributed by atoms with van der Waals surface area (Å²) in [5, 5.41) is 12.3. The monoisotopic (exact) mass is 291 g/mol. The topological polar surface area (TPSA) is 49.3 Å². The van der Waals surface area contributed by atoms with E-state index >= 15 is 0 Å². The van der Waals surface area contributed by atoms with E-state index in [0.717, 1.165) is 18.7 Å². The van der Waals surface area contributed by atoms with Crippen LogP contribution < -0.4 is 5.32 Å². The summed E-state index contributed by atoms with van der Waals surface area (Å²) in [5.74, 6) is -0.861. The zero-order valence-corrected chi connectivity index (χ0v) is 13.2. The number of rotatable bonds is 12. The van der Waals surface area contributed by atoms with Gasteiger partial charge in [-0.1, -0.05) is 64.0 Å². The molecular formula is C18H29NO2. The maximum absolute atomic E-state index is 10.9. The lowest BCUT2D eigenvalue weighted by Gasteiger charge is -2.06. The summed E-state index contributed by atoms with van der Waals surface area (Å²) >= 11 is 0. The van der Waals surface area contributed by atoms with Crippen molar-refractivity contribution in [2.75, 3.05) is 6.54 Å². The third-order valence-corrected chi connectivity index (χ3v) is 3.71. The largest absolute Gasteiger partial charge is 0.478 e. The van der Waals surface area contributed by atoms with Crippen LogP contribution in [0.4, 0.5) is 0 Å². The molecule has 2 N–H and O–H groups in total. The number of hydrogen-bond donors (Lipinski definition) is 2. The highest BCUT2D eigenvalue weighted by Gasteiger charge is 2.02. The Morgan fingerprint density at radius 2 is 1.71 bits per heavy atom. The summed E-state index contributed by atoms with van der Waals surface area (Å²) in [6, 6.07) is 7.14. The Balaban J connectivity index is 2.01. The first-order chi connectivity index (χ1) is 10.2. The molecule has 0 aliphatic carbocycles. The van der Waals surface area contributed by atoms with Crippen LogP contribution in [0.1, 0.15) is 74.2 Å². The first-order valence-electron chi connectivity index (χ1n) is 8.27. The third-order valence-electron chi connectivity index (χ3n) is 3.71. The summed E-state index contributed by atoms with van der Waals surface area (Å²) in [7, 11) is 0. The van der Waals surface area contributed by atoms with Crippen LogP contribution in [0.2, 0.25) is 0 Å². The van der Waals surface area contributed by atoms with Gasteiger partial charge in [0.2, 0.25) is 0 Å². The van der Waals surface area contributed by atoms with Crippen LogP contribution in [-0.2, 0) is 6.54 Å². The van der Waals surface area contributed by atoms with Crippen LogP contribution >= 0.6 is 0 Å². The van der Waals surface area contributed by atoms with Crippen molar-refractivity contribution in [3.05, 3.63) is 35.4 Å². The Kier molecular flexibility index (Phi) is 9.55. The number of carbonyl (C=O) groups is 1. The lowest BCUT2D eigenvalue weighted by atomic mass is 10.1. The molecule has 118 valence electrons. The zero-order chi connectivity index (χ0) is 15.3. The van der Waals surface area contributed by atoms with E-state index in [-0.39, 0.29) is 0 Å². The normalized spacial score (nSPS) is 10.7. The Hall–Kier alpha value is -1.35. The van der Waals surface area contributed by atoms with Crippen LogP contribution in [0.25, 0.3) is 0 Å². The van der Waals surface area contributed by atoms with E-state index in [1.165, 1.54) is 51.4 Å². The number of aromatic carboxylic acids is 1. The van der Waals surface area contributed by atoms with Gasteiger partial charge in [-0.25, -0.2) is 4.79 Å². The Bertz CT molecular complexity index is 404. The van der Waals surface area contributed by atoms with Gasteiger partial charge in [-0.05, 0) is 30.7 Å². The van der Waals surface area contributed by atoms with Crippen molar-refractivity contribution in [1.82, 2.24) is 5.32 Å². The van der Waals surface area contributed by atoms with E-state index in [4.69, 9.17) is 5.11 Å². The minimum Gasteiger partial charge on any atom is -0.478 e. The molecule has 0 amide bonds. The van der Waals surface area contributed by atoms with Gasteiger partial charge in [0.15, 0.2) is 0 Å². The zero-order valence-electron chi connectivity index (χ0n) is 13.2. The smallest absolute Gasteiger partial charge is 0.335 e. The number of nitrogens with one attached hydrogen (secondary N) is 1. The standard InChI is InChI=1S/C18H29NO2/c1-2-3-4-5-6-7-8-9-13-19-15-16-11-10-12-17(14-16)18(20)21/h10-12,14,19H,2-9,13,15H2,1H3,(H,20,21). The molecular weight excluding hydrogens is 262 g/mol. The fraction of sp³-hybridized carbons (Fsp3) is 0.611. The van der Waals surface area contributed by atoms with Crippen molar-refractivity contribution in [2.24, 2.45) is 0 Å². The first kappa shape index (κ1) is 17.7. The van der Waals surface area contributed by atoms with Gasteiger partial charge < -0.3 is 10.4 Å². The van der Waals surface area contributed by atoms with Gasteiger partial charge in [-0.15, -0.1) is 0 Å². The van der Waals surface area contributed by atoms with Gasteiger partial charge in [-0.2, -0.15) is 0 Å². The van der Waals surface area contributed by atoms with Crippen molar-refractivity contribution in [1.29, 1.82) is 0 Å². The summed E-state index contributed by atoms with van der Waals surface area (Å²) < 4.78 is 0. The Morgan fingerprint density at radius 1 is 1.05 bits per heavy atom. The van der Waals surface area contributed by atoms with Gasteiger partial charge >= 0.3 is 5.97 Å². The van der Waals surface area contributed by atoms with Gasteiger partial charge in [0, 0.05) is 6.54 Å². The molecule has 0 saturated heterocycles. The van der Waals surface area contributed by atoms with E-state index < -0.39 is 5.97 Å². The summed E-state index contributed by atoms with van der Waals surface area (Å²) in [6.45, 7) is 4.00. The maximum Gasteiger partial charge on any atom is 0.335 e. The molecule has 1 rings (SSSR count). The van der Waals surface area contributed by atoms with Crippen LogP contribution in [0.3, 0.4) is 0 Å². The second-order valence-corrected chi connectivity index (χ2v) is 5.66. The lowest BCUT2D eigenvalue weighted by molar-refractivity contribution is 0.0696. The van der Waals surface area contributed by atoms with Crippen molar-refractivity contribution < 1.29 is 9.90 Å². The number of benzene rings is 1. The molecule has 1 aromatic rings. The minimum absolute atomic E-state index is 0.362. The fourth-order valence-electron chi connectivity index (χ4n) is 2.43. The van der Waals surface area contributed by atoms with Crippen LogP contribution in [0.5, 0.6) is 0 Å². The molecule has 0 radical (unpaired) electrons. The quantitative estimate of drug-likeness (QED) is 0.553. The molecule has 0 aliphatic rings. The minimum atomic E-state index is -0.861. The van der Waals surface area contributed by atoms with Gasteiger partial charge in [0.05, 0.1) is 5.56 Å². The van der Waals surface area contributed by atoms with Gasteiger partial charge in [0.25, 0.3) is 0 Å². The highest BCUT2D eigenvalue weighted by molar-refractivity contribution is 5.87. The molecule has 0 atom stereocenters. The van der Waals surface area contributed by atoms with Crippen molar-refractivity contribution in [2.45, 2.75) is 64.8 Å². The third kappa shape index (κ3) is 8.51. The van der Waals surface area contributed by atoms with E-state index in [9.17, 15) is 4.79 Å². The number of carboxylic acid groups (broad SMARTS) is 1. The lowest BCUT2D eigenvalue weighted by Crippen LogP contribution is -2.15. The SMILES string of the molecule is CCCCCCCCCCNCc1cccc(C(=O)O)c1. The predicted molar refractivity (Wildman–Crippen MR) is 87.7 cm³/mol. The average Bonchev–Trinajstić information content (AvgIpc) is 2.49. The highest BCUT2D eigenvalue weighted by atomic mass is 16.4. The summed E-state index contributed by atoms with van der Waals surface area (Å²) in [4.78, 5) is 10.9. The van der Waals surface area contributed by atoms with E-state index in [1.54, 1.807) is 18.2 Å². The first-order valence-corrected chi connectivity index (χ1v) is 8.27. The molecule has 0 heterocycles. The fourth-order valence-corrected chi connectivity index (χ4v) is 2.43. The van der Waals surface area contributed by atoms with Crippen molar-refractivity contribution in [3.63, 3.8) is 0 Å². The van der Waals surface area contributed by atoms with Gasteiger partial charge in [0.1, 0.15) is 0 Å². The van der Waals surface area contributed by atoms with E-state index in [2.05, 4.69) is 12.2 Å². The average molecular weight is 291 g/mol. The van der Waals surface area contributed by atoms with Crippen LogP contribution in [0.15, 0.2) is 24.3 Å². The van der Waals surface area contributed by atoms with Crippen molar-refractivity contribution in [3.8, 4) is 0 Å². The predicted octanol–water partition coefficient (Wildman–Crippen LogP) is 4.62. The van der Waals surface area contributed by atoms with Gasteiger partial charge in [-0.3, -0.25) is 0 Å². The van der Waals surface area contributed by atoms with E-state index in [1.807, 2.05) is 6.07 Å². The molecule has 0 spiro atoms. The second kappa shape index (κ2) is 11.3. The molecule has 0 fully saturated rings. The molecule has 0 saturated carbocycles. The number of unbranched alkanes of at least 4 members (excludes halogenated alkanes) is 7. The highest BCUT2D eigenvalue weighted by Crippen LogP contribution is 2.08. The maximum atomic E-state index is 10.9. The molecule has 21 heavy (non-hydrogen) atoms. The molecule has 1 aromatic carbocycles. The molecule has 0 unspecified atom stereocenters. The molecule has 0 bridgehead atoms. The summed E-state index contributed by atoms with van der Waals surface area (Å²) in [5.41, 5.74) is 1.40. The molecule has 0 aromatic heterocycles. The Labute approximate surface area is 128 Å².